The lowest BCUT2D eigenvalue weighted by Gasteiger charge is -2.17. The smallest absolute Gasteiger partial charge is 0.326 e. The van der Waals surface area contributed by atoms with Crippen molar-refractivity contribution in [3.63, 3.8) is 0 Å². The molecule has 0 bridgehead atoms. The zero-order valence-electron chi connectivity index (χ0n) is 13.4. The maximum Gasteiger partial charge on any atom is 0.326 e. The van der Waals surface area contributed by atoms with E-state index in [1.54, 1.807) is 6.08 Å². The highest BCUT2D eigenvalue weighted by Gasteiger charge is 2.34. The lowest BCUT2D eigenvalue weighted by atomic mass is 10.2. The quantitative estimate of drug-likeness (QED) is 0.450. The molecule has 1 fully saturated rings. The van der Waals surface area contributed by atoms with E-state index in [-0.39, 0.29) is 4.32 Å². The molecule has 0 radical (unpaired) electrons. The average Bonchev–Trinajstić information content (AvgIpc) is 2.82. The minimum atomic E-state index is -1.46. The maximum absolute atomic E-state index is 12.4. The molecule has 26 heavy (non-hydrogen) atoms. The van der Waals surface area contributed by atoms with Crippen LogP contribution in [0.4, 0.5) is 0 Å². The molecule has 1 aliphatic heterocycles. The normalized spacial score (nSPS) is 16.6. The number of nitrogens with zero attached hydrogens (tertiary/aromatic N) is 1. The van der Waals surface area contributed by atoms with Gasteiger partial charge in [0.2, 0.25) is 11.8 Å². The molecule has 1 saturated heterocycles. The molecule has 3 amide bonds. The first-order valence-electron chi connectivity index (χ1n) is 7.39. The predicted octanol–water partition coefficient (Wildman–Crippen LogP) is 0.333. The van der Waals surface area contributed by atoms with Crippen LogP contribution in [0.2, 0.25) is 0 Å². The summed E-state index contributed by atoms with van der Waals surface area (Å²) in [7, 11) is 0. The van der Waals surface area contributed by atoms with E-state index in [4.69, 9.17) is 23.1 Å². The van der Waals surface area contributed by atoms with Crippen LogP contribution < -0.4 is 11.1 Å². The largest absolute Gasteiger partial charge is 0.480 e. The van der Waals surface area contributed by atoms with Gasteiger partial charge in [-0.15, -0.1) is 0 Å². The van der Waals surface area contributed by atoms with Gasteiger partial charge in [0.1, 0.15) is 16.9 Å². The molecule has 1 aromatic carbocycles. The molecule has 8 nitrogen and oxygen atoms in total. The van der Waals surface area contributed by atoms with Crippen LogP contribution in [0, 0.1) is 0 Å². The van der Waals surface area contributed by atoms with Crippen LogP contribution in [0.1, 0.15) is 12.0 Å². The number of nitrogens with one attached hydrogen (secondary N) is 1. The fourth-order valence-corrected chi connectivity index (χ4v) is 3.38. The molecule has 1 aliphatic rings. The molecule has 0 aromatic heterocycles. The molecule has 1 aromatic rings. The fraction of sp³-hybridized carbons (Fsp3) is 0.188. The lowest BCUT2D eigenvalue weighted by molar-refractivity contribution is -0.143. The van der Waals surface area contributed by atoms with E-state index >= 15 is 0 Å². The van der Waals surface area contributed by atoms with Gasteiger partial charge in [0, 0.05) is 0 Å². The number of primary amides is 1. The Morgan fingerprint density at radius 2 is 1.96 bits per heavy atom. The molecule has 1 heterocycles. The topological polar surface area (TPSA) is 130 Å². The Kier molecular flexibility index (Phi) is 6.47. The van der Waals surface area contributed by atoms with E-state index in [2.05, 4.69) is 5.32 Å². The van der Waals surface area contributed by atoms with E-state index in [1.165, 1.54) is 0 Å². The highest BCUT2D eigenvalue weighted by molar-refractivity contribution is 8.26. The Bertz CT molecular complexity index is 794. The van der Waals surface area contributed by atoms with E-state index in [1.807, 2.05) is 30.3 Å². The number of carboxylic acids is 1. The SMILES string of the molecule is NC(=O)C[C@H](NC(=O)CN1C(=O)/C(=C/c2ccccc2)SC1=S)C(=O)O. The minimum absolute atomic E-state index is 0.189. The van der Waals surface area contributed by atoms with Gasteiger partial charge in [-0.05, 0) is 11.6 Å². The Balaban J connectivity index is 2.05. The van der Waals surface area contributed by atoms with Gasteiger partial charge in [-0.1, -0.05) is 54.3 Å². The summed E-state index contributed by atoms with van der Waals surface area (Å²) in [6, 6.07) is 7.67. The highest BCUT2D eigenvalue weighted by Crippen LogP contribution is 2.32. The number of rotatable bonds is 7. The summed E-state index contributed by atoms with van der Waals surface area (Å²) >= 11 is 6.17. The molecule has 2 rings (SSSR count). The van der Waals surface area contributed by atoms with Crippen molar-refractivity contribution in [3.05, 3.63) is 40.8 Å². The van der Waals surface area contributed by atoms with Gasteiger partial charge in [0.05, 0.1) is 11.3 Å². The molecular formula is C16H15N3O5S2. The van der Waals surface area contributed by atoms with Gasteiger partial charge >= 0.3 is 5.97 Å². The number of amides is 3. The fourth-order valence-electron chi connectivity index (χ4n) is 2.12. The number of thiocarbonyl (C=S) groups is 1. The Morgan fingerprint density at radius 1 is 1.31 bits per heavy atom. The second-order valence-corrected chi connectivity index (χ2v) is 6.98. The predicted molar refractivity (Wildman–Crippen MR) is 99.7 cm³/mol. The van der Waals surface area contributed by atoms with Crippen LogP contribution in [0.25, 0.3) is 6.08 Å². The number of thioether (sulfide) groups is 1. The van der Waals surface area contributed by atoms with Gasteiger partial charge in [-0.25, -0.2) is 4.79 Å². The first kappa shape index (κ1) is 19.6. The van der Waals surface area contributed by atoms with E-state index in [0.717, 1.165) is 22.2 Å². The number of hydrogen-bond donors (Lipinski definition) is 3. The summed E-state index contributed by atoms with van der Waals surface area (Å²) in [6.07, 6.45) is 1.11. The zero-order chi connectivity index (χ0) is 19.3. The number of aliphatic carboxylic acids is 1. The number of hydrogen-bond acceptors (Lipinski definition) is 6. The summed E-state index contributed by atoms with van der Waals surface area (Å²) in [5.41, 5.74) is 5.77. The first-order chi connectivity index (χ1) is 12.3. The summed E-state index contributed by atoms with van der Waals surface area (Å²) < 4.78 is 0.189. The van der Waals surface area contributed by atoms with Gasteiger partial charge < -0.3 is 16.2 Å². The van der Waals surface area contributed by atoms with E-state index in [0.29, 0.717) is 4.91 Å². The third kappa shape index (κ3) is 5.14. The van der Waals surface area contributed by atoms with Crippen molar-refractivity contribution < 1.29 is 24.3 Å². The second kappa shape index (κ2) is 8.59. The standard InChI is InChI=1S/C16H15N3O5S2/c17-12(20)7-10(15(23)24)18-13(21)8-19-14(22)11(26-16(19)25)6-9-4-2-1-3-5-9/h1-6,10H,7-8H2,(H2,17,20)(H,18,21)(H,23,24)/b11-6-/t10-/m0/s1. The van der Waals surface area contributed by atoms with Gasteiger partial charge in [0.25, 0.3) is 5.91 Å². The molecule has 0 saturated carbocycles. The minimum Gasteiger partial charge on any atom is -0.480 e. The summed E-state index contributed by atoms with van der Waals surface area (Å²) in [4.78, 5) is 47.8. The van der Waals surface area contributed by atoms with Crippen molar-refractivity contribution in [1.82, 2.24) is 10.2 Å². The third-order valence-corrected chi connectivity index (χ3v) is 4.69. The number of benzene rings is 1. The van der Waals surface area contributed by atoms with Gasteiger partial charge in [-0.3, -0.25) is 19.3 Å². The molecule has 0 spiro atoms. The monoisotopic (exact) mass is 393 g/mol. The van der Waals surface area contributed by atoms with E-state index < -0.39 is 42.7 Å². The molecule has 1 atom stereocenters. The Hall–Kier alpha value is -2.72. The molecule has 0 unspecified atom stereocenters. The van der Waals surface area contributed by atoms with Crippen molar-refractivity contribution >= 4 is 58.1 Å². The van der Waals surface area contributed by atoms with Crippen molar-refractivity contribution in [1.29, 1.82) is 0 Å². The van der Waals surface area contributed by atoms with Gasteiger partial charge in [0.15, 0.2) is 0 Å². The average molecular weight is 393 g/mol. The van der Waals surface area contributed by atoms with Crippen LogP contribution in [0.5, 0.6) is 0 Å². The maximum atomic E-state index is 12.4. The van der Waals surface area contributed by atoms with Crippen molar-refractivity contribution in [2.75, 3.05) is 6.54 Å². The number of carbonyl (C=O) groups is 4. The van der Waals surface area contributed by atoms with Crippen LogP contribution in [0.3, 0.4) is 0 Å². The van der Waals surface area contributed by atoms with Crippen LogP contribution in [-0.2, 0) is 19.2 Å². The van der Waals surface area contributed by atoms with Crippen LogP contribution in [0.15, 0.2) is 35.2 Å². The van der Waals surface area contributed by atoms with Crippen molar-refractivity contribution in [2.45, 2.75) is 12.5 Å². The number of nitrogens with two attached hydrogens (primary N) is 1. The summed E-state index contributed by atoms with van der Waals surface area (Å²) in [5.74, 6) is -3.46. The highest BCUT2D eigenvalue weighted by atomic mass is 32.2. The third-order valence-electron chi connectivity index (χ3n) is 3.31. The van der Waals surface area contributed by atoms with Gasteiger partial charge in [-0.2, -0.15) is 0 Å². The number of carboxylic acid groups (broad SMARTS) is 1. The zero-order valence-corrected chi connectivity index (χ0v) is 15.0. The second-order valence-electron chi connectivity index (χ2n) is 5.31. The molecule has 136 valence electrons. The van der Waals surface area contributed by atoms with E-state index in [9.17, 15) is 19.2 Å². The number of carbonyl (C=O) groups excluding carboxylic acids is 3. The summed E-state index contributed by atoms with van der Waals surface area (Å²) in [6.45, 7) is -0.445. The summed E-state index contributed by atoms with van der Waals surface area (Å²) in [5, 5.41) is 11.2. The van der Waals surface area contributed by atoms with Crippen LogP contribution in [-0.4, -0.2) is 50.6 Å². The molecule has 10 heteroatoms. The Labute approximate surface area is 158 Å². The molecular weight excluding hydrogens is 378 g/mol. The Morgan fingerprint density at radius 3 is 2.54 bits per heavy atom. The molecule has 0 aliphatic carbocycles. The van der Waals surface area contributed by atoms with Crippen molar-refractivity contribution in [2.24, 2.45) is 5.73 Å². The lowest BCUT2D eigenvalue weighted by Crippen LogP contribution is -2.47. The molecule has 4 N–H and O–H groups in total. The van der Waals surface area contributed by atoms with Crippen molar-refractivity contribution in [3.8, 4) is 0 Å². The van der Waals surface area contributed by atoms with Crippen LogP contribution >= 0.6 is 24.0 Å². The first-order valence-corrected chi connectivity index (χ1v) is 8.61.